The molecular formula is C28H26. The molecule has 0 N–H and O–H groups in total. The molecule has 0 aliphatic heterocycles. The van der Waals surface area contributed by atoms with Crippen LogP contribution in [-0.4, -0.2) is 0 Å². The second-order valence-corrected chi connectivity index (χ2v) is 8.33. The molecule has 0 saturated carbocycles. The lowest BCUT2D eigenvalue weighted by atomic mass is 9.81. The fourth-order valence-electron chi connectivity index (χ4n) is 3.77. The molecule has 0 radical (unpaired) electrons. The average Bonchev–Trinajstić information content (AvgIpc) is 2.74. The Morgan fingerprint density at radius 2 is 0.857 bits per heavy atom. The van der Waals surface area contributed by atoms with Crippen molar-refractivity contribution >= 4 is 0 Å². The molecule has 0 bridgehead atoms. The Kier molecular flexibility index (Phi) is 4.88. The average molecular weight is 363 g/mol. The fraction of sp³-hybridized carbons (Fsp3) is 0.143. The van der Waals surface area contributed by atoms with Crippen molar-refractivity contribution in [3.8, 4) is 33.4 Å². The van der Waals surface area contributed by atoms with Crippen LogP contribution in [0.15, 0.2) is 103 Å². The molecule has 0 saturated heterocycles. The van der Waals surface area contributed by atoms with Crippen molar-refractivity contribution in [3.05, 3.63) is 109 Å². The molecule has 0 unspecified atom stereocenters. The highest BCUT2D eigenvalue weighted by molar-refractivity contribution is 5.82. The smallest absolute Gasteiger partial charge is 0.0126 e. The van der Waals surface area contributed by atoms with Gasteiger partial charge in [0, 0.05) is 0 Å². The Labute approximate surface area is 168 Å². The lowest BCUT2D eigenvalue weighted by Gasteiger charge is -2.23. The molecule has 0 atom stereocenters. The topological polar surface area (TPSA) is 0 Å². The first-order chi connectivity index (χ1) is 13.5. The Morgan fingerprint density at radius 3 is 1.36 bits per heavy atom. The minimum Gasteiger partial charge on any atom is -0.0622 e. The van der Waals surface area contributed by atoms with E-state index in [1.165, 1.54) is 38.9 Å². The minimum atomic E-state index is 0.0895. The molecule has 4 rings (SSSR count). The van der Waals surface area contributed by atoms with Crippen LogP contribution < -0.4 is 0 Å². The molecule has 0 fully saturated rings. The normalized spacial score (nSPS) is 11.4. The molecular weight excluding hydrogens is 336 g/mol. The molecule has 0 aliphatic rings. The summed E-state index contributed by atoms with van der Waals surface area (Å²) in [7, 11) is 0. The second-order valence-electron chi connectivity index (χ2n) is 8.33. The molecule has 28 heavy (non-hydrogen) atoms. The van der Waals surface area contributed by atoms with Crippen LogP contribution in [0.25, 0.3) is 33.4 Å². The summed E-state index contributed by atoms with van der Waals surface area (Å²) in [6.45, 7) is 6.85. The molecule has 138 valence electrons. The molecule has 0 heterocycles. The largest absolute Gasteiger partial charge is 0.0622 e. The number of rotatable bonds is 3. The fourth-order valence-corrected chi connectivity index (χ4v) is 3.77. The summed E-state index contributed by atoms with van der Waals surface area (Å²) < 4.78 is 0. The first kappa shape index (κ1) is 18.3. The summed E-state index contributed by atoms with van der Waals surface area (Å²) in [5.74, 6) is 0. The van der Waals surface area contributed by atoms with Gasteiger partial charge in [0.05, 0.1) is 0 Å². The van der Waals surface area contributed by atoms with Crippen LogP contribution in [0, 0.1) is 0 Å². The van der Waals surface area contributed by atoms with E-state index in [-0.39, 0.29) is 5.41 Å². The van der Waals surface area contributed by atoms with Crippen molar-refractivity contribution in [1.82, 2.24) is 0 Å². The minimum absolute atomic E-state index is 0.0895. The van der Waals surface area contributed by atoms with Gasteiger partial charge < -0.3 is 0 Å². The van der Waals surface area contributed by atoms with Crippen LogP contribution in [0.1, 0.15) is 26.3 Å². The number of benzene rings is 4. The summed E-state index contributed by atoms with van der Waals surface area (Å²) in [6.07, 6.45) is 0. The van der Waals surface area contributed by atoms with Gasteiger partial charge in [-0.2, -0.15) is 0 Å². The van der Waals surface area contributed by atoms with E-state index in [0.29, 0.717) is 0 Å². The van der Waals surface area contributed by atoms with Crippen molar-refractivity contribution in [3.63, 3.8) is 0 Å². The van der Waals surface area contributed by atoms with E-state index in [0.717, 1.165) is 0 Å². The predicted octanol–water partition coefficient (Wildman–Crippen LogP) is 7.99. The maximum Gasteiger partial charge on any atom is -0.0126 e. The summed E-state index contributed by atoms with van der Waals surface area (Å²) in [5.41, 5.74) is 9.03. The maximum absolute atomic E-state index is 2.33. The Balaban J connectivity index is 1.96. The van der Waals surface area contributed by atoms with Gasteiger partial charge in [-0.1, -0.05) is 106 Å². The van der Waals surface area contributed by atoms with Crippen molar-refractivity contribution in [2.75, 3.05) is 0 Å². The van der Waals surface area contributed by atoms with Crippen molar-refractivity contribution in [2.45, 2.75) is 26.2 Å². The standard InChI is InChI=1S/C28H26/c1-28(2,3)27-17-11-10-16-26(27)25-19-23(21-12-6-4-7-13-21)18-24(20-25)22-14-8-5-9-15-22/h4-20H,1-3H3. The van der Waals surface area contributed by atoms with Gasteiger partial charge in [0.15, 0.2) is 0 Å². The van der Waals surface area contributed by atoms with Crippen LogP contribution in [-0.2, 0) is 5.41 Å². The third kappa shape index (κ3) is 3.77. The van der Waals surface area contributed by atoms with Crippen LogP contribution in [0.3, 0.4) is 0 Å². The first-order valence-electron chi connectivity index (χ1n) is 9.88. The van der Waals surface area contributed by atoms with E-state index in [9.17, 15) is 0 Å². The van der Waals surface area contributed by atoms with E-state index in [1.54, 1.807) is 0 Å². The SMILES string of the molecule is CC(C)(C)c1ccccc1-c1cc(-c2ccccc2)cc(-c2ccccc2)c1. The lowest BCUT2D eigenvalue weighted by Crippen LogP contribution is -2.12. The van der Waals surface area contributed by atoms with Gasteiger partial charge in [-0.05, 0) is 62.6 Å². The summed E-state index contributed by atoms with van der Waals surface area (Å²) in [6, 6.07) is 37.0. The highest BCUT2D eigenvalue weighted by Gasteiger charge is 2.19. The van der Waals surface area contributed by atoms with Crippen LogP contribution >= 0.6 is 0 Å². The third-order valence-corrected chi connectivity index (χ3v) is 5.19. The first-order valence-corrected chi connectivity index (χ1v) is 9.88. The summed E-state index contributed by atoms with van der Waals surface area (Å²) >= 11 is 0. The van der Waals surface area contributed by atoms with E-state index in [2.05, 4.69) is 124 Å². The van der Waals surface area contributed by atoms with Crippen LogP contribution in [0.2, 0.25) is 0 Å². The van der Waals surface area contributed by atoms with Gasteiger partial charge >= 0.3 is 0 Å². The third-order valence-electron chi connectivity index (χ3n) is 5.19. The van der Waals surface area contributed by atoms with Gasteiger partial charge in [0.2, 0.25) is 0 Å². The Hall–Kier alpha value is -3.12. The Morgan fingerprint density at radius 1 is 0.429 bits per heavy atom. The van der Waals surface area contributed by atoms with Crippen LogP contribution in [0.5, 0.6) is 0 Å². The van der Waals surface area contributed by atoms with E-state index in [4.69, 9.17) is 0 Å². The number of hydrogen-bond donors (Lipinski definition) is 0. The molecule has 0 heteroatoms. The van der Waals surface area contributed by atoms with E-state index < -0.39 is 0 Å². The molecule has 4 aromatic rings. The van der Waals surface area contributed by atoms with Gasteiger partial charge in [-0.25, -0.2) is 0 Å². The van der Waals surface area contributed by atoms with Gasteiger partial charge in [-0.3, -0.25) is 0 Å². The molecule has 0 nitrogen and oxygen atoms in total. The molecule has 0 amide bonds. The predicted molar refractivity (Wildman–Crippen MR) is 121 cm³/mol. The quantitative estimate of drug-likeness (QED) is 0.346. The lowest BCUT2D eigenvalue weighted by molar-refractivity contribution is 0.592. The summed E-state index contributed by atoms with van der Waals surface area (Å²) in [4.78, 5) is 0. The summed E-state index contributed by atoms with van der Waals surface area (Å²) in [5, 5.41) is 0. The van der Waals surface area contributed by atoms with Gasteiger partial charge in [0.25, 0.3) is 0 Å². The molecule has 0 spiro atoms. The Bertz CT molecular complexity index is 1010. The highest BCUT2D eigenvalue weighted by Crippen LogP contribution is 2.37. The van der Waals surface area contributed by atoms with Crippen LogP contribution in [0.4, 0.5) is 0 Å². The molecule has 0 aliphatic carbocycles. The maximum atomic E-state index is 2.33. The van der Waals surface area contributed by atoms with E-state index >= 15 is 0 Å². The van der Waals surface area contributed by atoms with Gasteiger partial charge in [0.1, 0.15) is 0 Å². The van der Waals surface area contributed by atoms with E-state index in [1.807, 2.05) is 0 Å². The molecule has 4 aromatic carbocycles. The zero-order valence-corrected chi connectivity index (χ0v) is 16.8. The number of hydrogen-bond acceptors (Lipinski definition) is 0. The van der Waals surface area contributed by atoms with Gasteiger partial charge in [-0.15, -0.1) is 0 Å². The zero-order valence-electron chi connectivity index (χ0n) is 16.8. The van der Waals surface area contributed by atoms with Crippen molar-refractivity contribution in [1.29, 1.82) is 0 Å². The zero-order chi connectivity index (χ0) is 19.6. The highest BCUT2D eigenvalue weighted by atomic mass is 14.2. The van der Waals surface area contributed by atoms with Crippen molar-refractivity contribution in [2.24, 2.45) is 0 Å². The molecule has 0 aromatic heterocycles. The van der Waals surface area contributed by atoms with Crippen molar-refractivity contribution < 1.29 is 0 Å². The second kappa shape index (κ2) is 7.48. The monoisotopic (exact) mass is 362 g/mol.